The molecule has 1 aromatic rings. The lowest BCUT2D eigenvalue weighted by Crippen LogP contribution is -2.03. The SMILES string of the molecule is CCCCCCCCCCCCCC(=NO)c1ccccn1. The van der Waals surface area contributed by atoms with Crippen molar-refractivity contribution in [3.8, 4) is 0 Å². The van der Waals surface area contributed by atoms with Gasteiger partial charge in [-0.15, -0.1) is 0 Å². The summed E-state index contributed by atoms with van der Waals surface area (Å²) in [6.45, 7) is 2.26. The van der Waals surface area contributed by atoms with Crippen molar-refractivity contribution in [2.75, 3.05) is 0 Å². The quantitative estimate of drug-likeness (QED) is 0.211. The van der Waals surface area contributed by atoms with E-state index in [4.69, 9.17) is 5.21 Å². The Morgan fingerprint density at radius 3 is 2.00 bits per heavy atom. The molecular weight excluding hydrogens is 272 g/mol. The Balaban J connectivity index is 1.97. The Labute approximate surface area is 135 Å². The highest BCUT2D eigenvalue weighted by Gasteiger charge is 2.04. The summed E-state index contributed by atoms with van der Waals surface area (Å²) in [5.74, 6) is 0. The highest BCUT2D eigenvalue weighted by atomic mass is 16.4. The van der Waals surface area contributed by atoms with Crippen LogP contribution in [0.3, 0.4) is 0 Å². The van der Waals surface area contributed by atoms with Crippen molar-refractivity contribution in [2.24, 2.45) is 5.16 Å². The predicted octanol–water partition coefficient (Wildman–Crippen LogP) is 5.96. The van der Waals surface area contributed by atoms with Gasteiger partial charge in [-0.2, -0.15) is 0 Å². The molecule has 3 heteroatoms. The Hall–Kier alpha value is -1.38. The molecule has 1 aromatic heterocycles. The first-order valence-electron chi connectivity index (χ1n) is 9.00. The first-order valence-corrected chi connectivity index (χ1v) is 9.00. The van der Waals surface area contributed by atoms with Crippen molar-refractivity contribution < 1.29 is 5.21 Å². The number of hydrogen-bond donors (Lipinski definition) is 1. The summed E-state index contributed by atoms with van der Waals surface area (Å²) < 4.78 is 0. The third kappa shape index (κ3) is 8.81. The van der Waals surface area contributed by atoms with Gasteiger partial charge in [0, 0.05) is 6.20 Å². The van der Waals surface area contributed by atoms with E-state index in [9.17, 15) is 0 Å². The summed E-state index contributed by atoms with van der Waals surface area (Å²) >= 11 is 0. The van der Waals surface area contributed by atoms with Gasteiger partial charge in [0.05, 0.1) is 5.69 Å². The number of aromatic nitrogens is 1. The van der Waals surface area contributed by atoms with E-state index in [1.54, 1.807) is 6.20 Å². The third-order valence-corrected chi connectivity index (χ3v) is 4.10. The maximum Gasteiger partial charge on any atom is 0.105 e. The summed E-state index contributed by atoms with van der Waals surface area (Å²) in [7, 11) is 0. The zero-order chi connectivity index (χ0) is 15.9. The maximum atomic E-state index is 9.09. The topological polar surface area (TPSA) is 45.5 Å². The second kappa shape index (κ2) is 13.3. The van der Waals surface area contributed by atoms with Gasteiger partial charge < -0.3 is 5.21 Å². The minimum atomic E-state index is 0.705. The van der Waals surface area contributed by atoms with Crippen LogP contribution in [0.2, 0.25) is 0 Å². The number of oxime groups is 1. The van der Waals surface area contributed by atoms with E-state index < -0.39 is 0 Å². The van der Waals surface area contributed by atoms with Gasteiger partial charge >= 0.3 is 0 Å². The van der Waals surface area contributed by atoms with Crippen LogP contribution in [0, 0.1) is 0 Å². The van der Waals surface area contributed by atoms with Crippen LogP contribution < -0.4 is 0 Å². The van der Waals surface area contributed by atoms with E-state index in [2.05, 4.69) is 17.1 Å². The minimum absolute atomic E-state index is 0.705. The number of unbranched alkanes of at least 4 members (excludes halogenated alkanes) is 10. The smallest absolute Gasteiger partial charge is 0.105 e. The largest absolute Gasteiger partial charge is 0.411 e. The highest BCUT2D eigenvalue weighted by Crippen LogP contribution is 2.13. The van der Waals surface area contributed by atoms with Crippen LogP contribution in [-0.2, 0) is 0 Å². The fourth-order valence-electron chi connectivity index (χ4n) is 2.72. The zero-order valence-corrected chi connectivity index (χ0v) is 14.1. The Bertz CT molecular complexity index is 390. The van der Waals surface area contributed by atoms with Crippen LogP contribution in [0.1, 0.15) is 89.7 Å². The van der Waals surface area contributed by atoms with Gasteiger partial charge in [0.1, 0.15) is 5.71 Å². The van der Waals surface area contributed by atoms with Gasteiger partial charge in [0.2, 0.25) is 0 Å². The second-order valence-electron chi connectivity index (χ2n) is 6.05. The van der Waals surface area contributed by atoms with Crippen molar-refractivity contribution in [3.05, 3.63) is 30.1 Å². The van der Waals surface area contributed by atoms with Gasteiger partial charge in [-0.25, -0.2) is 0 Å². The predicted molar refractivity (Wildman–Crippen MR) is 93.6 cm³/mol. The molecule has 0 atom stereocenters. The third-order valence-electron chi connectivity index (χ3n) is 4.10. The first-order chi connectivity index (χ1) is 10.9. The molecule has 0 fully saturated rings. The molecule has 124 valence electrons. The van der Waals surface area contributed by atoms with Crippen LogP contribution in [-0.4, -0.2) is 15.9 Å². The standard InChI is InChI=1S/C19H32N2O/c1-2-3-4-5-6-7-8-9-10-11-12-16-19(21-22)18-15-13-14-17-20-18/h13-15,17,22H,2-12,16H2,1H3. The van der Waals surface area contributed by atoms with Gasteiger partial charge in [-0.1, -0.05) is 82.4 Å². The van der Waals surface area contributed by atoms with E-state index in [-0.39, 0.29) is 0 Å². The first kappa shape index (κ1) is 18.7. The molecule has 0 amide bonds. The molecule has 1 N–H and O–H groups in total. The van der Waals surface area contributed by atoms with Gasteiger partial charge in [-0.05, 0) is 25.0 Å². The fourth-order valence-corrected chi connectivity index (χ4v) is 2.72. The molecule has 0 unspecified atom stereocenters. The average Bonchev–Trinajstić information content (AvgIpc) is 2.57. The molecule has 0 aliphatic heterocycles. The van der Waals surface area contributed by atoms with Crippen molar-refractivity contribution in [2.45, 2.75) is 84.0 Å². The van der Waals surface area contributed by atoms with E-state index in [1.807, 2.05) is 18.2 Å². The van der Waals surface area contributed by atoms with Crippen molar-refractivity contribution in [3.63, 3.8) is 0 Å². The van der Waals surface area contributed by atoms with Crippen LogP contribution >= 0.6 is 0 Å². The monoisotopic (exact) mass is 304 g/mol. The van der Waals surface area contributed by atoms with E-state index in [1.165, 1.54) is 64.2 Å². The summed E-state index contributed by atoms with van der Waals surface area (Å²) in [5.41, 5.74) is 1.49. The number of nitrogens with zero attached hydrogens (tertiary/aromatic N) is 2. The molecule has 1 rings (SSSR count). The molecule has 0 radical (unpaired) electrons. The zero-order valence-electron chi connectivity index (χ0n) is 14.1. The highest BCUT2D eigenvalue weighted by molar-refractivity contribution is 5.98. The van der Waals surface area contributed by atoms with Crippen molar-refractivity contribution >= 4 is 5.71 Å². The molecular formula is C19H32N2O. The van der Waals surface area contributed by atoms with Crippen LogP contribution in [0.25, 0.3) is 0 Å². The van der Waals surface area contributed by atoms with Gasteiger partial charge in [-0.3, -0.25) is 4.98 Å². The second-order valence-corrected chi connectivity index (χ2v) is 6.05. The molecule has 0 aromatic carbocycles. The lowest BCUT2D eigenvalue weighted by Gasteiger charge is -2.04. The maximum absolute atomic E-state index is 9.09. The summed E-state index contributed by atoms with van der Waals surface area (Å²) in [4.78, 5) is 4.23. The van der Waals surface area contributed by atoms with Gasteiger partial charge in [0.15, 0.2) is 0 Å². The lowest BCUT2D eigenvalue weighted by atomic mass is 10.0. The summed E-state index contributed by atoms with van der Waals surface area (Å²) in [5, 5.41) is 12.5. The Kier molecular flexibility index (Phi) is 11.3. The summed E-state index contributed by atoms with van der Waals surface area (Å²) in [6, 6.07) is 5.70. The van der Waals surface area contributed by atoms with Crippen LogP contribution in [0.4, 0.5) is 0 Å². The molecule has 0 saturated carbocycles. The fraction of sp³-hybridized carbons (Fsp3) is 0.684. The molecule has 3 nitrogen and oxygen atoms in total. The van der Waals surface area contributed by atoms with Gasteiger partial charge in [0.25, 0.3) is 0 Å². The molecule has 22 heavy (non-hydrogen) atoms. The molecule has 0 aliphatic rings. The van der Waals surface area contributed by atoms with E-state index >= 15 is 0 Å². The van der Waals surface area contributed by atoms with Crippen molar-refractivity contribution in [1.82, 2.24) is 4.98 Å². The molecule has 0 saturated heterocycles. The number of rotatable bonds is 13. The normalized spacial score (nSPS) is 11.8. The average molecular weight is 304 g/mol. The Morgan fingerprint density at radius 2 is 1.50 bits per heavy atom. The summed E-state index contributed by atoms with van der Waals surface area (Å²) in [6.07, 6.45) is 17.2. The van der Waals surface area contributed by atoms with E-state index in [0.29, 0.717) is 5.71 Å². The number of pyridine rings is 1. The van der Waals surface area contributed by atoms with Crippen LogP contribution in [0.5, 0.6) is 0 Å². The Morgan fingerprint density at radius 1 is 0.909 bits per heavy atom. The number of hydrogen-bond acceptors (Lipinski definition) is 3. The molecule has 0 aliphatic carbocycles. The lowest BCUT2D eigenvalue weighted by molar-refractivity contribution is 0.317. The molecule has 0 bridgehead atoms. The van der Waals surface area contributed by atoms with E-state index in [0.717, 1.165) is 18.5 Å². The molecule has 0 spiro atoms. The molecule has 1 heterocycles. The minimum Gasteiger partial charge on any atom is -0.411 e. The van der Waals surface area contributed by atoms with Crippen molar-refractivity contribution in [1.29, 1.82) is 0 Å². The van der Waals surface area contributed by atoms with Crippen LogP contribution in [0.15, 0.2) is 29.6 Å².